The molecule has 1 spiro atoms. The molecule has 2 saturated heterocycles. The standard InChI is InChI=1S/C26H38N4O4/c1-17(32)30-16-26(7-10-29(11-8-26)25(33)28-19-4-3-9-27-14-19)24-21-6-5-20(34-2)12-18(21)13-22(24)23(30)15-31/h3-4,9,14,18,20-24,31H,5-8,10-13,15-16H2,1-2H3,(H,28,33)/t18?,20?,21?,22?,23-,24?/m0/s1. The summed E-state index contributed by atoms with van der Waals surface area (Å²) in [6.45, 7) is 3.73. The van der Waals surface area contributed by atoms with Crippen molar-refractivity contribution in [2.45, 2.75) is 57.6 Å². The Morgan fingerprint density at radius 1 is 1.24 bits per heavy atom. The lowest BCUT2D eigenvalue weighted by molar-refractivity contribution is -0.151. The maximum Gasteiger partial charge on any atom is 0.321 e. The molecular weight excluding hydrogens is 432 g/mol. The lowest BCUT2D eigenvalue weighted by Gasteiger charge is -2.58. The third-order valence-electron chi connectivity index (χ3n) is 9.46. The number of ether oxygens (including phenoxy) is 1. The van der Waals surface area contributed by atoms with E-state index < -0.39 is 0 Å². The van der Waals surface area contributed by atoms with Gasteiger partial charge in [0.25, 0.3) is 0 Å². The molecule has 0 radical (unpaired) electrons. The predicted octanol–water partition coefficient (Wildman–Crippen LogP) is 2.99. The number of hydrogen-bond acceptors (Lipinski definition) is 5. The zero-order valence-electron chi connectivity index (χ0n) is 20.4. The Hall–Kier alpha value is -2.19. The number of rotatable bonds is 3. The van der Waals surface area contributed by atoms with E-state index in [1.54, 1.807) is 19.3 Å². The predicted molar refractivity (Wildman–Crippen MR) is 128 cm³/mol. The normalized spacial score (nSPS) is 34.4. The van der Waals surface area contributed by atoms with Gasteiger partial charge in [0.05, 0.1) is 30.6 Å². The molecule has 2 saturated carbocycles. The van der Waals surface area contributed by atoms with Crippen molar-refractivity contribution in [2.75, 3.05) is 38.7 Å². The molecule has 0 aromatic carbocycles. The number of hydrogen-bond donors (Lipinski definition) is 2. The van der Waals surface area contributed by atoms with E-state index in [2.05, 4.69) is 10.3 Å². The lowest BCUT2D eigenvalue weighted by Crippen LogP contribution is -2.63. The first-order valence-electron chi connectivity index (χ1n) is 12.8. The van der Waals surface area contributed by atoms with Gasteiger partial charge in [-0.1, -0.05) is 0 Å². The average Bonchev–Trinajstić information content (AvgIpc) is 3.24. The van der Waals surface area contributed by atoms with Crippen molar-refractivity contribution in [3.8, 4) is 0 Å². The van der Waals surface area contributed by atoms with E-state index in [4.69, 9.17) is 4.74 Å². The van der Waals surface area contributed by atoms with E-state index in [9.17, 15) is 14.7 Å². The Bertz CT molecular complexity index is 888. The maximum absolute atomic E-state index is 12.9. The Labute approximate surface area is 202 Å². The molecule has 1 aromatic heterocycles. The number of methoxy groups -OCH3 is 1. The van der Waals surface area contributed by atoms with E-state index >= 15 is 0 Å². The summed E-state index contributed by atoms with van der Waals surface area (Å²) in [6.07, 6.45) is 9.87. The number of urea groups is 1. The summed E-state index contributed by atoms with van der Waals surface area (Å²) in [7, 11) is 1.81. The Kier molecular flexibility index (Phi) is 6.55. The Morgan fingerprint density at radius 2 is 2.03 bits per heavy atom. The monoisotopic (exact) mass is 470 g/mol. The molecule has 2 N–H and O–H groups in total. The number of nitrogens with one attached hydrogen (secondary N) is 1. The van der Waals surface area contributed by atoms with E-state index in [1.165, 1.54) is 0 Å². The largest absolute Gasteiger partial charge is 0.394 e. The minimum Gasteiger partial charge on any atom is -0.394 e. The first-order valence-corrected chi connectivity index (χ1v) is 12.8. The summed E-state index contributed by atoms with van der Waals surface area (Å²) in [6, 6.07) is 3.48. The molecule has 2 aliphatic heterocycles. The van der Waals surface area contributed by atoms with E-state index in [-0.39, 0.29) is 30.0 Å². The van der Waals surface area contributed by atoms with Crippen LogP contribution in [0.25, 0.3) is 0 Å². The second-order valence-corrected chi connectivity index (χ2v) is 10.9. The number of anilines is 1. The molecule has 1 aromatic rings. The third kappa shape index (κ3) is 4.09. The van der Waals surface area contributed by atoms with Crippen molar-refractivity contribution < 1.29 is 19.4 Å². The lowest BCUT2D eigenvalue weighted by atomic mass is 9.57. The van der Waals surface area contributed by atoms with Crippen LogP contribution in [0.15, 0.2) is 24.5 Å². The number of fused-ring (bicyclic) bond motifs is 4. The number of nitrogens with zero attached hydrogens (tertiary/aromatic N) is 3. The number of likely N-dealkylation sites (tertiary alicyclic amines) is 2. The highest BCUT2D eigenvalue weighted by Crippen LogP contribution is 2.62. The summed E-state index contributed by atoms with van der Waals surface area (Å²) in [4.78, 5) is 33.5. The molecule has 8 heteroatoms. The molecule has 2 aliphatic carbocycles. The van der Waals surface area contributed by atoms with Crippen molar-refractivity contribution >= 4 is 17.6 Å². The number of amides is 3. The van der Waals surface area contributed by atoms with Crippen molar-refractivity contribution in [3.05, 3.63) is 24.5 Å². The zero-order valence-corrected chi connectivity index (χ0v) is 20.4. The highest BCUT2D eigenvalue weighted by atomic mass is 16.5. The SMILES string of the molecule is COC1CCC2C(C1)CC1C2C2(CCN(C(=O)Nc3cccnc3)CC2)CN(C(C)=O)[C@H]1CO. The van der Waals surface area contributed by atoms with Gasteiger partial charge in [-0.2, -0.15) is 0 Å². The fraction of sp³-hybridized carbons (Fsp3) is 0.731. The van der Waals surface area contributed by atoms with Crippen molar-refractivity contribution in [1.29, 1.82) is 0 Å². The summed E-state index contributed by atoms with van der Waals surface area (Å²) in [5, 5.41) is 13.3. The van der Waals surface area contributed by atoms with Gasteiger partial charge < -0.3 is 25.0 Å². The minimum absolute atomic E-state index is 0.00636. The fourth-order valence-electron chi connectivity index (χ4n) is 7.98. The second-order valence-electron chi connectivity index (χ2n) is 10.9. The molecule has 5 unspecified atom stereocenters. The molecule has 6 atom stereocenters. The van der Waals surface area contributed by atoms with Crippen LogP contribution in [0, 0.1) is 29.1 Å². The number of aliphatic hydroxyl groups is 1. The van der Waals surface area contributed by atoms with Gasteiger partial charge in [-0.05, 0) is 79.7 Å². The summed E-state index contributed by atoms with van der Waals surface area (Å²) >= 11 is 0. The minimum atomic E-state index is -0.0911. The number of aliphatic hydroxyl groups excluding tert-OH is 1. The first kappa shape index (κ1) is 23.5. The van der Waals surface area contributed by atoms with Crippen molar-refractivity contribution in [1.82, 2.24) is 14.8 Å². The van der Waals surface area contributed by atoms with Gasteiger partial charge in [0.1, 0.15) is 0 Å². The van der Waals surface area contributed by atoms with Crippen LogP contribution < -0.4 is 5.32 Å². The topological polar surface area (TPSA) is 95.0 Å². The average molecular weight is 471 g/mol. The van der Waals surface area contributed by atoms with Crippen LogP contribution in [0.5, 0.6) is 0 Å². The van der Waals surface area contributed by atoms with Crippen LogP contribution in [0.3, 0.4) is 0 Å². The number of pyridine rings is 1. The quantitative estimate of drug-likeness (QED) is 0.708. The highest BCUT2D eigenvalue weighted by Gasteiger charge is 2.61. The number of aromatic nitrogens is 1. The second kappa shape index (κ2) is 9.46. The molecule has 3 amide bonds. The summed E-state index contributed by atoms with van der Waals surface area (Å²) in [5.41, 5.74) is 0.708. The zero-order chi connectivity index (χ0) is 23.9. The molecule has 5 rings (SSSR count). The van der Waals surface area contributed by atoms with E-state index in [0.717, 1.165) is 38.5 Å². The van der Waals surface area contributed by atoms with Crippen LogP contribution in [0.1, 0.15) is 45.4 Å². The first-order chi connectivity index (χ1) is 16.5. The fourth-order valence-corrected chi connectivity index (χ4v) is 7.98. The van der Waals surface area contributed by atoms with Crippen molar-refractivity contribution in [2.24, 2.45) is 29.1 Å². The van der Waals surface area contributed by atoms with Crippen LogP contribution in [-0.2, 0) is 9.53 Å². The summed E-state index contributed by atoms with van der Waals surface area (Å²) < 4.78 is 5.72. The smallest absolute Gasteiger partial charge is 0.321 e. The van der Waals surface area contributed by atoms with Crippen molar-refractivity contribution in [3.63, 3.8) is 0 Å². The van der Waals surface area contributed by atoms with Gasteiger partial charge in [-0.25, -0.2) is 4.79 Å². The highest BCUT2D eigenvalue weighted by molar-refractivity contribution is 5.89. The van der Waals surface area contributed by atoms with E-state index in [0.29, 0.717) is 55.1 Å². The molecule has 3 heterocycles. The van der Waals surface area contributed by atoms with Gasteiger partial charge in [-0.3, -0.25) is 9.78 Å². The number of piperidine rings is 2. The Morgan fingerprint density at radius 3 is 2.68 bits per heavy atom. The van der Waals surface area contributed by atoms with Gasteiger partial charge in [0.2, 0.25) is 5.91 Å². The van der Waals surface area contributed by atoms with Crippen LogP contribution in [-0.4, -0.2) is 77.3 Å². The Balaban J connectivity index is 1.36. The molecule has 4 fully saturated rings. The van der Waals surface area contributed by atoms with Crippen LogP contribution in [0.4, 0.5) is 10.5 Å². The van der Waals surface area contributed by atoms with Gasteiger partial charge >= 0.3 is 6.03 Å². The van der Waals surface area contributed by atoms with Gasteiger partial charge in [0, 0.05) is 39.9 Å². The molecule has 0 bridgehead atoms. The van der Waals surface area contributed by atoms with Gasteiger partial charge in [-0.15, -0.1) is 0 Å². The summed E-state index contributed by atoms with van der Waals surface area (Å²) in [5.74, 6) is 2.09. The van der Waals surface area contributed by atoms with Crippen LogP contribution in [0.2, 0.25) is 0 Å². The van der Waals surface area contributed by atoms with Gasteiger partial charge in [0.15, 0.2) is 0 Å². The maximum atomic E-state index is 12.9. The molecular formula is C26H38N4O4. The molecule has 34 heavy (non-hydrogen) atoms. The molecule has 8 nitrogen and oxygen atoms in total. The number of carbonyl (C=O) groups is 2. The molecule has 4 aliphatic rings. The van der Waals surface area contributed by atoms with E-state index in [1.807, 2.05) is 29.0 Å². The number of carbonyl (C=O) groups excluding carboxylic acids is 2. The third-order valence-corrected chi connectivity index (χ3v) is 9.46. The molecule has 186 valence electrons. The van der Waals surface area contributed by atoms with Crippen LogP contribution >= 0.6 is 0 Å².